The molecule has 1 aromatic carbocycles. The minimum absolute atomic E-state index is 0.0945. The molecule has 0 unspecified atom stereocenters. The second-order valence-corrected chi connectivity index (χ2v) is 9.40. The predicted molar refractivity (Wildman–Crippen MR) is 132 cm³/mol. The van der Waals surface area contributed by atoms with Crippen molar-refractivity contribution < 1.29 is 4.79 Å². The quantitative estimate of drug-likeness (QED) is 0.569. The molecular weight excluding hydrogens is 426 g/mol. The maximum Gasteiger partial charge on any atom is 0.225 e. The average molecular weight is 458 g/mol. The highest BCUT2D eigenvalue weighted by Gasteiger charge is 2.32. The van der Waals surface area contributed by atoms with E-state index in [2.05, 4.69) is 14.9 Å². The fraction of sp³-hybridized carbons (Fsp3) is 0.423. The first-order chi connectivity index (χ1) is 16.6. The van der Waals surface area contributed by atoms with Crippen LogP contribution in [0.2, 0.25) is 0 Å². The molecule has 2 aromatic heterocycles. The van der Waals surface area contributed by atoms with Gasteiger partial charge in [-0.15, -0.1) is 0 Å². The maximum absolute atomic E-state index is 13.2. The van der Waals surface area contributed by atoms with Crippen LogP contribution in [-0.2, 0) is 11.3 Å². The number of aromatic nitrogens is 3. The van der Waals surface area contributed by atoms with E-state index in [1.807, 2.05) is 41.3 Å². The average Bonchev–Trinajstić information content (AvgIpc) is 2.89. The molecule has 3 aromatic rings. The smallest absolute Gasteiger partial charge is 0.225 e. The van der Waals surface area contributed by atoms with Gasteiger partial charge in [-0.3, -0.25) is 9.69 Å². The maximum atomic E-state index is 13.2. The number of nitrogens with one attached hydrogen (secondary N) is 1. The molecule has 4 heterocycles. The van der Waals surface area contributed by atoms with E-state index in [4.69, 9.17) is 16.1 Å². The van der Waals surface area contributed by atoms with Gasteiger partial charge in [0.1, 0.15) is 0 Å². The molecule has 8 heteroatoms. The fourth-order valence-corrected chi connectivity index (χ4v) is 5.11. The van der Waals surface area contributed by atoms with Gasteiger partial charge in [0.05, 0.1) is 16.9 Å². The Morgan fingerprint density at radius 1 is 0.941 bits per heavy atom. The first kappa shape index (κ1) is 22.4. The summed E-state index contributed by atoms with van der Waals surface area (Å²) in [6, 6.07) is 12.0. The number of rotatable bonds is 5. The van der Waals surface area contributed by atoms with Crippen LogP contribution in [0, 0.1) is 17.2 Å². The van der Waals surface area contributed by atoms with E-state index in [0.717, 1.165) is 80.6 Å². The lowest BCUT2D eigenvalue weighted by molar-refractivity contribution is -0.138. The number of benzene rings is 1. The number of carbonyl (C=O) groups excluding carboxylic acids is 1. The molecule has 34 heavy (non-hydrogen) atoms. The van der Waals surface area contributed by atoms with Crippen LogP contribution < -0.4 is 5.73 Å². The minimum atomic E-state index is 0.0945. The van der Waals surface area contributed by atoms with E-state index in [-0.39, 0.29) is 17.7 Å². The van der Waals surface area contributed by atoms with Crippen molar-refractivity contribution in [2.75, 3.05) is 31.9 Å². The number of para-hydroxylation sites is 1. The van der Waals surface area contributed by atoms with Crippen molar-refractivity contribution in [2.24, 2.45) is 11.8 Å². The van der Waals surface area contributed by atoms with Gasteiger partial charge in [0.2, 0.25) is 11.9 Å². The van der Waals surface area contributed by atoms with Crippen LogP contribution in [0.5, 0.6) is 0 Å². The molecule has 2 aliphatic rings. The number of amides is 1. The minimum Gasteiger partial charge on any atom is -0.368 e. The summed E-state index contributed by atoms with van der Waals surface area (Å²) >= 11 is 0. The molecule has 0 bridgehead atoms. The summed E-state index contributed by atoms with van der Waals surface area (Å²) < 4.78 is 0. The molecule has 0 saturated carbocycles. The lowest BCUT2D eigenvalue weighted by atomic mass is 9.88. The monoisotopic (exact) mass is 457 g/mol. The number of likely N-dealkylation sites (tertiary alicyclic amines) is 2. The zero-order valence-electron chi connectivity index (χ0n) is 19.4. The van der Waals surface area contributed by atoms with E-state index in [0.29, 0.717) is 11.7 Å². The van der Waals surface area contributed by atoms with Crippen LogP contribution in [0.1, 0.15) is 36.9 Å². The van der Waals surface area contributed by atoms with E-state index in [9.17, 15) is 4.79 Å². The topological polar surface area (TPSA) is 112 Å². The third-order valence-electron chi connectivity index (χ3n) is 7.16. The van der Waals surface area contributed by atoms with Crippen LogP contribution in [0.15, 0.2) is 48.8 Å². The Labute approximate surface area is 199 Å². The van der Waals surface area contributed by atoms with Crippen LogP contribution >= 0.6 is 0 Å². The summed E-state index contributed by atoms with van der Waals surface area (Å²) in [5.41, 5.74) is 8.88. The number of anilines is 1. The molecule has 0 atom stereocenters. The van der Waals surface area contributed by atoms with Gasteiger partial charge in [-0.25, -0.2) is 15.0 Å². The molecule has 8 nitrogen and oxygen atoms in total. The molecule has 2 aliphatic heterocycles. The van der Waals surface area contributed by atoms with E-state index in [1.165, 1.54) is 0 Å². The number of pyridine rings is 1. The number of nitrogens with two attached hydrogens (primary N) is 1. The van der Waals surface area contributed by atoms with Crippen LogP contribution in [0.3, 0.4) is 0 Å². The lowest BCUT2D eigenvalue weighted by Crippen LogP contribution is -2.46. The van der Waals surface area contributed by atoms with E-state index >= 15 is 0 Å². The standard InChI is InChI=1S/C26H31N7O/c27-24(23-6-5-19-3-1-2-4-22(19)31-23)20-9-13-33(14-10-20)25(34)21-7-11-32(12-8-21)17-18-15-29-26(28)30-16-18/h1-6,15-16,20-21,27H,7-14,17H2,(H2,28,29,30). The molecule has 0 spiro atoms. The summed E-state index contributed by atoms with van der Waals surface area (Å²) in [4.78, 5) is 30.3. The number of nitrogen functional groups attached to an aromatic ring is 1. The molecule has 1 amide bonds. The Balaban J connectivity index is 1.11. The molecular formula is C26H31N7O. The van der Waals surface area contributed by atoms with E-state index in [1.54, 1.807) is 12.4 Å². The zero-order valence-corrected chi connectivity index (χ0v) is 19.4. The summed E-state index contributed by atoms with van der Waals surface area (Å²) in [5, 5.41) is 9.80. The number of fused-ring (bicyclic) bond motifs is 1. The molecule has 2 fully saturated rings. The van der Waals surface area contributed by atoms with Crippen LogP contribution in [0.4, 0.5) is 5.95 Å². The van der Waals surface area contributed by atoms with Gasteiger partial charge in [-0.2, -0.15) is 0 Å². The second kappa shape index (κ2) is 9.85. The third kappa shape index (κ3) is 4.92. The van der Waals surface area contributed by atoms with Crippen molar-refractivity contribution in [3.05, 3.63) is 60.0 Å². The number of hydrogen-bond donors (Lipinski definition) is 2. The largest absolute Gasteiger partial charge is 0.368 e. The number of carbonyl (C=O) groups is 1. The van der Waals surface area contributed by atoms with Gasteiger partial charge in [-0.1, -0.05) is 24.3 Å². The van der Waals surface area contributed by atoms with Gasteiger partial charge in [-0.05, 0) is 50.9 Å². The summed E-state index contributed by atoms with van der Waals surface area (Å²) in [5.74, 6) is 0.823. The molecule has 0 radical (unpaired) electrons. The molecule has 176 valence electrons. The van der Waals surface area contributed by atoms with Crippen molar-refractivity contribution in [3.63, 3.8) is 0 Å². The Kier molecular flexibility index (Phi) is 6.49. The highest BCUT2D eigenvalue weighted by atomic mass is 16.2. The van der Waals surface area contributed by atoms with Crippen LogP contribution in [0.25, 0.3) is 10.9 Å². The normalized spacial score (nSPS) is 18.3. The summed E-state index contributed by atoms with van der Waals surface area (Å²) in [6.45, 7) is 4.04. The number of nitrogens with zero attached hydrogens (tertiary/aromatic N) is 5. The van der Waals surface area contributed by atoms with Gasteiger partial charge in [0.25, 0.3) is 0 Å². The molecule has 3 N–H and O–H groups in total. The third-order valence-corrected chi connectivity index (χ3v) is 7.16. The van der Waals surface area contributed by atoms with Crippen molar-refractivity contribution >= 4 is 28.5 Å². The number of piperidine rings is 2. The van der Waals surface area contributed by atoms with Gasteiger partial charge in [0.15, 0.2) is 0 Å². The fourth-order valence-electron chi connectivity index (χ4n) is 5.11. The van der Waals surface area contributed by atoms with Crippen LogP contribution in [-0.4, -0.2) is 62.5 Å². The van der Waals surface area contributed by atoms with Crippen molar-refractivity contribution in [1.82, 2.24) is 24.8 Å². The van der Waals surface area contributed by atoms with Gasteiger partial charge >= 0.3 is 0 Å². The summed E-state index contributed by atoms with van der Waals surface area (Å²) in [6.07, 6.45) is 6.96. The van der Waals surface area contributed by atoms with Crippen molar-refractivity contribution in [3.8, 4) is 0 Å². The van der Waals surface area contributed by atoms with Gasteiger partial charge < -0.3 is 16.0 Å². The number of hydrogen-bond acceptors (Lipinski definition) is 7. The Morgan fingerprint density at radius 2 is 1.62 bits per heavy atom. The van der Waals surface area contributed by atoms with Crippen molar-refractivity contribution in [1.29, 1.82) is 5.41 Å². The second-order valence-electron chi connectivity index (χ2n) is 9.40. The molecule has 0 aliphatic carbocycles. The molecule has 5 rings (SSSR count). The Hall–Kier alpha value is -3.39. The molecule has 2 saturated heterocycles. The first-order valence-electron chi connectivity index (χ1n) is 12.1. The Morgan fingerprint density at radius 3 is 2.35 bits per heavy atom. The SMILES string of the molecule is N=C(c1ccc2ccccc2n1)C1CCN(C(=O)C2CCN(Cc3cnc(N)nc3)CC2)CC1. The van der Waals surface area contributed by atoms with Crippen molar-refractivity contribution in [2.45, 2.75) is 32.2 Å². The first-order valence-corrected chi connectivity index (χ1v) is 12.1. The zero-order chi connectivity index (χ0) is 23.5. The van der Waals surface area contributed by atoms with Gasteiger partial charge in [0, 0.05) is 54.8 Å². The highest BCUT2D eigenvalue weighted by Crippen LogP contribution is 2.26. The van der Waals surface area contributed by atoms with E-state index < -0.39 is 0 Å². The predicted octanol–water partition coefficient (Wildman–Crippen LogP) is 3.13. The summed E-state index contributed by atoms with van der Waals surface area (Å²) in [7, 11) is 0. The Bertz CT molecular complexity index is 1160. The highest BCUT2D eigenvalue weighted by molar-refractivity contribution is 6.00. The lowest BCUT2D eigenvalue weighted by Gasteiger charge is -2.37.